The van der Waals surface area contributed by atoms with Gasteiger partial charge in [-0.2, -0.15) is 0 Å². The van der Waals surface area contributed by atoms with Crippen LogP contribution >= 0.6 is 0 Å². The van der Waals surface area contributed by atoms with E-state index in [0.29, 0.717) is 51.1 Å². The Morgan fingerprint density at radius 3 is 2.69 bits per heavy atom. The summed E-state index contributed by atoms with van der Waals surface area (Å²) in [7, 11) is 1.88. The molecule has 0 radical (unpaired) electrons. The van der Waals surface area contributed by atoms with Crippen molar-refractivity contribution in [3.8, 4) is 0 Å². The summed E-state index contributed by atoms with van der Waals surface area (Å²) >= 11 is 0. The van der Waals surface area contributed by atoms with Gasteiger partial charge in [0.2, 0.25) is 0 Å². The number of aliphatic hydroxyl groups is 4. The third kappa shape index (κ3) is 8.61. The molecule has 1 aromatic carbocycles. The van der Waals surface area contributed by atoms with Crippen molar-refractivity contribution in [1.29, 1.82) is 0 Å². The minimum atomic E-state index is -1.15. The van der Waals surface area contributed by atoms with Gasteiger partial charge in [-0.05, 0) is 145 Å². The number of benzene rings is 1. The number of aliphatic hydroxyl groups excluding tert-OH is 3. The fourth-order valence-electron chi connectivity index (χ4n) is 10.3. The Morgan fingerprint density at radius 2 is 1.96 bits per heavy atom. The van der Waals surface area contributed by atoms with Crippen LogP contribution in [0.5, 0.6) is 0 Å². The zero-order valence-electron chi connectivity index (χ0n) is 31.4. The van der Waals surface area contributed by atoms with Crippen molar-refractivity contribution < 1.29 is 25.2 Å². The number of carbonyl (C=O) groups excluding carboxylic acids is 1. The van der Waals surface area contributed by atoms with Gasteiger partial charge in [-0.15, -0.1) is 0 Å². The van der Waals surface area contributed by atoms with Crippen LogP contribution in [0.15, 0.2) is 83.0 Å². The van der Waals surface area contributed by atoms with Gasteiger partial charge in [-0.25, -0.2) is 0 Å². The lowest BCUT2D eigenvalue weighted by atomic mass is 9.47. The predicted octanol–water partition coefficient (Wildman–Crippen LogP) is 5.93. The standard InChI is InChI=1S/C44H64N2O5/c1-30-16-17-35(25-34-11-6-10-33(24-34)23-32(3)46-27-30)31(2)9-5-13-37(28-48)39-18-19-44(42(39)50)40(15-8-22-47)41-36(12-7-14-38(41)29-49)26-43(44,51)20-21-45-4/h5-6,9-11,13,16,24,29,32,35-36,39-40,42,45-48,50-51H,2,7-8,12,14-15,17-23,25-28H2,1,3-4H3/t32-,35+,36-,39-,40+,42-,43-,44-/m1/s1. The number of nitrogens with one attached hydrogen (secondary N) is 2. The van der Waals surface area contributed by atoms with Crippen LogP contribution in [0.4, 0.5) is 0 Å². The smallest absolute Gasteiger partial charge is 0.145 e. The van der Waals surface area contributed by atoms with Crippen LogP contribution in [0.1, 0.15) is 89.2 Å². The van der Waals surface area contributed by atoms with Gasteiger partial charge in [0, 0.05) is 30.5 Å². The maximum Gasteiger partial charge on any atom is 0.145 e. The number of fused-ring (bicyclic) bond motifs is 3. The Hall–Kier alpha value is -2.65. The van der Waals surface area contributed by atoms with Crippen molar-refractivity contribution >= 4 is 6.29 Å². The highest BCUT2D eigenvalue weighted by Crippen LogP contribution is 2.66. The van der Waals surface area contributed by atoms with E-state index in [1.807, 2.05) is 19.2 Å². The van der Waals surface area contributed by atoms with Gasteiger partial charge in [-0.1, -0.05) is 71.9 Å². The van der Waals surface area contributed by atoms with E-state index in [-0.39, 0.29) is 36.9 Å². The van der Waals surface area contributed by atoms with Crippen LogP contribution in [0.3, 0.4) is 0 Å². The summed E-state index contributed by atoms with van der Waals surface area (Å²) in [4.78, 5) is 12.4. The minimum absolute atomic E-state index is 0.0176. The van der Waals surface area contributed by atoms with Crippen molar-refractivity contribution in [3.05, 3.63) is 94.1 Å². The molecule has 1 heterocycles. The van der Waals surface area contributed by atoms with Gasteiger partial charge in [0.1, 0.15) is 6.29 Å². The summed E-state index contributed by atoms with van der Waals surface area (Å²) < 4.78 is 0. The van der Waals surface area contributed by atoms with Crippen molar-refractivity contribution in [2.45, 2.75) is 109 Å². The molecule has 0 amide bonds. The van der Waals surface area contributed by atoms with Crippen LogP contribution in [0.2, 0.25) is 0 Å². The van der Waals surface area contributed by atoms with Crippen molar-refractivity contribution in [2.75, 3.05) is 33.4 Å². The molecule has 0 saturated heterocycles. The molecule has 1 aromatic rings. The number of allylic oxidation sites excluding steroid dienone is 7. The van der Waals surface area contributed by atoms with Gasteiger partial charge in [0.25, 0.3) is 0 Å². The topological polar surface area (TPSA) is 122 Å². The summed E-state index contributed by atoms with van der Waals surface area (Å²) in [5.74, 6) is -0.235. The molecule has 0 unspecified atom stereocenters. The number of hydrogen-bond donors (Lipinski definition) is 6. The maximum atomic E-state index is 12.8. The van der Waals surface area contributed by atoms with E-state index < -0.39 is 17.1 Å². The van der Waals surface area contributed by atoms with Crippen molar-refractivity contribution in [3.63, 3.8) is 0 Å². The monoisotopic (exact) mass is 700 g/mol. The van der Waals surface area contributed by atoms with E-state index in [4.69, 9.17) is 0 Å². The van der Waals surface area contributed by atoms with Crippen LogP contribution in [-0.2, 0) is 17.6 Å². The first-order valence-electron chi connectivity index (χ1n) is 19.6. The third-order valence-electron chi connectivity index (χ3n) is 12.9. The van der Waals surface area contributed by atoms with Crippen LogP contribution < -0.4 is 10.6 Å². The number of hydrogen-bond acceptors (Lipinski definition) is 7. The third-order valence-corrected chi connectivity index (χ3v) is 12.9. The normalized spacial score (nSPS) is 33.5. The molecule has 8 atom stereocenters. The lowest BCUT2D eigenvalue weighted by molar-refractivity contribution is -0.190. The van der Waals surface area contributed by atoms with E-state index in [0.717, 1.165) is 73.6 Å². The molecule has 6 N–H and O–H groups in total. The molecule has 51 heavy (non-hydrogen) atoms. The average molecular weight is 701 g/mol. The molecule has 2 fully saturated rings. The Balaban J connectivity index is 1.43. The highest BCUT2D eigenvalue weighted by atomic mass is 16.3. The largest absolute Gasteiger partial charge is 0.396 e. The molecular weight excluding hydrogens is 636 g/mol. The summed E-state index contributed by atoms with van der Waals surface area (Å²) in [5.41, 5.74) is 5.64. The summed E-state index contributed by atoms with van der Waals surface area (Å²) in [6, 6.07) is 9.29. The molecule has 2 bridgehead atoms. The first-order valence-corrected chi connectivity index (χ1v) is 19.6. The lowest BCUT2D eigenvalue weighted by Gasteiger charge is -2.60. The van der Waals surface area contributed by atoms with Crippen LogP contribution in [-0.4, -0.2) is 77.8 Å². The molecule has 280 valence electrons. The quantitative estimate of drug-likeness (QED) is 0.0908. The van der Waals surface area contributed by atoms with Crippen molar-refractivity contribution in [2.24, 2.45) is 29.1 Å². The van der Waals surface area contributed by atoms with E-state index in [1.54, 1.807) is 0 Å². The summed E-state index contributed by atoms with van der Waals surface area (Å²) in [6.45, 7) is 10.2. The molecule has 0 aromatic heterocycles. The molecule has 7 nitrogen and oxygen atoms in total. The van der Waals surface area contributed by atoms with Gasteiger partial charge >= 0.3 is 0 Å². The highest BCUT2D eigenvalue weighted by Gasteiger charge is 2.67. The minimum Gasteiger partial charge on any atom is -0.396 e. The molecule has 7 heteroatoms. The fraction of sp³-hybridized carbons (Fsp3) is 0.614. The Labute approximate surface area is 306 Å². The first-order chi connectivity index (χ1) is 24.6. The maximum absolute atomic E-state index is 12.8. The van der Waals surface area contributed by atoms with Crippen LogP contribution in [0.25, 0.3) is 0 Å². The summed E-state index contributed by atoms with van der Waals surface area (Å²) in [6.07, 6.45) is 17.1. The molecule has 1 aliphatic heterocycles. The van der Waals surface area contributed by atoms with Gasteiger partial charge in [0.15, 0.2) is 0 Å². The number of rotatable bonds is 12. The van der Waals surface area contributed by atoms with Crippen molar-refractivity contribution in [1.82, 2.24) is 10.6 Å². The Morgan fingerprint density at radius 1 is 1.18 bits per heavy atom. The van der Waals surface area contributed by atoms with Gasteiger partial charge in [0.05, 0.1) is 18.3 Å². The Kier molecular flexibility index (Phi) is 13.9. The average Bonchev–Trinajstić information content (AvgIpc) is 3.47. The van der Waals surface area contributed by atoms with Crippen LogP contribution in [0, 0.1) is 29.1 Å². The zero-order chi connectivity index (χ0) is 36.6. The highest BCUT2D eigenvalue weighted by molar-refractivity contribution is 5.75. The number of aldehydes is 1. The van der Waals surface area contributed by atoms with E-state index >= 15 is 0 Å². The summed E-state index contributed by atoms with van der Waals surface area (Å²) in [5, 5.41) is 52.9. The fourth-order valence-corrected chi connectivity index (χ4v) is 10.3. The van der Waals surface area contributed by atoms with E-state index in [9.17, 15) is 25.2 Å². The predicted molar refractivity (Wildman–Crippen MR) is 206 cm³/mol. The molecule has 5 rings (SSSR count). The molecular formula is C44H64N2O5. The molecule has 2 saturated carbocycles. The second-order valence-electron chi connectivity index (χ2n) is 16.2. The van der Waals surface area contributed by atoms with Gasteiger partial charge < -0.3 is 31.1 Å². The molecule has 4 aliphatic rings. The van der Waals surface area contributed by atoms with E-state index in [2.05, 4.69) is 67.5 Å². The second kappa shape index (κ2) is 17.9. The molecule has 1 spiro atoms. The SMILES string of the molecule is C=C(C=CC=C(CO)[C@H]1CC[C@]2([C@@H]1O)[C@@H](CCCO)C1=C(C=O)CCC[C@@H]1C[C@]2(O)CCNC)[C@H]1CC=C(C)CN[C@H](C)Cc2cccc(c2)C1. The lowest BCUT2D eigenvalue weighted by Crippen LogP contribution is -2.63. The van der Waals surface area contributed by atoms with Gasteiger partial charge in [-0.3, -0.25) is 4.79 Å². The zero-order valence-corrected chi connectivity index (χ0v) is 31.4. The van der Waals surface area contributed by atoms with E-state index in [1.165, 1.54) is 16.7 Å². The first kappa shape index (κ1) is 39.6. The molecule has 3 aliphatic carbocycles. The number of carbonyl (C=O) groups is 1. The Bertz CT molecular complexity index is 1490. The second-order valence-corrected chi connectivity index (χ2v) is 16.2.